The zero-order valence-electron chi connectivity index (χ0n) is 17.1. The summed E-state index contributed by atoms with van der Waals surface area (Å²) >= 11 is 0. The van der Waals surface area contributed by atoms with Crippen LogP contribution in [-0.4, -0.2) is 46.0 Å². The minimum Gasteiger partial charge on any atom is -0.394 e. The first-order chi connectivity index (χ1) is 13.9. The fraction of sp³-hybridized carbons (Fsp3) is 0.400. The number of benzene rings is 1. The Morgan fingerprint density at radius 2 is 1.97 bits per heavy atom. The van der Waals surface area contributed by atoms with Crippen molar-refractivity contribution in [2.45, 2.75) is 26.1 Å². The number of nitrogens with zero attached hydrogens (tertiary/aromatic N) is 2. The molecule has 0 amide bonds. The van der Waals surface area contributed by atoms with E-state index in [0.29, 0.717) is 16.2 Å². The number of fused-ring (bicyclic) bond motifs is 1. The molecule has 3 rings (SSSR count). The van der Waals surface area contributed by atoms with Crippen LogP contribution in [0.5, 0.6) is 0 Å². The molecule has 0 spiro atoms. The van der Waals surface area contributed by atoms with Crippen LogP contribution in [0.2, 0.25) is 0 Å². The Kier molecular flexibility index (Phi) is 5.98. The number of alkyl halides is 3. The molecule has 30 heavy (non-hydrogen) atoms. The lowest BCUT2D eigenvalue weighted by Crippen LogP contribution is -2.30. The van der Waals surface area contributed by atoms with Gasteiger partial charge in [0, 0.05) is 28.6 Å². The van der Waals surface area contributed by atoms with E-state index >= 15 is 0 Å². The van der Waals surface area contributed by atoms with Gasteiger partial charge in [-0.15, -0.1) is 0 Å². The van der Waals surface area contributed by atoms with Crippen LogP contribution < -0.4 is 10.6 Å². The number of halogens is 3. The van der Waals surface area contributed by atoms with Gasteiger partial charge in [0.25, 0.3) is 0 Å². The molecule has 0 saturated carbocycles. The van der Waals surface area contributed by atoms with Gasteiger partial charge >= 0.3 is 6.18 Å². The molecule has 6 nitrogen and oxygen atoms in total. The lowest BCUT2D eigenvalue weighted by molar-refractivity contribution is -0.137. The van der Waals surface area contributed by atoms with Crippen LogP contribution in [0.25, 0.3) is 22.2 Å². The number of rotatable bonds is 6. The van der Waals surface area contributed by atoms with E-state index in [1.165, 1.54) is 6.20 Å². The normalized spacial score (nSPS) is 13.8. The summed E-state index contributed by atoms with van der Waals surface area (Å²) in [5, 5.41) is 13.5. The molecule has 0 aliphatic rings. The summed E-state index contributed by atoms with van der Waals surface area (Å²) in [6.07, 6.45) is -2.47. The number of aliphatic hydroxyl groups excluding tert-OH is 1. The number of hydrogen-bond donors (Lipinski definition) is 3. The lowest BCUT2D eigenvalue weighted by atomic mass is 10.1. The molecule has 3 aromatic rings. The Labute approximate surface area is 172 Å². The van der Waals surface area contributed by atoms with Crippen molar-refractivity contribution in [2.24, 2.45) is 5.92 Å². The Hall–Kier alpha value is -2.38. The van der Waals surface area contributed by atoms with Gasteiger partial charge in [-0.3, -0.25) is 0 Å². The zero-order chi connectivity index (χ0) is 22.3. The minimum absolute atomic E-state index is 0.00657. The van der Waals surface area contributed by atoms with E-state index in [1.807, 2.05) is 13.8 Å². The lowest BCUT2D eigenvalue weighted by Gasteiger charge is -2.21. The van der Waals surface area contributed by atoms with Crippen LogP contribution in [0.1, 0.15) is 19.4 Å². The predicted octanol–water partition coefficient (Wildman–Crippen LogP) is 4.32. The molecular formula is C20H24F3N4O2P. The molecule has 0 radical (unpaired) electrons. The zero-order valence-corrected chi connectivity index (χ0v) is 18.0. The first kappa shape index (κ1) is 22.3. The first-order valence-electron chi connectivity index (χ1n) is 9.41. The van der Waals surface area contributed by atoms with E-state index in [-0.39, 0.29) is 29.7 Å². The van der Waals surface area contributed by atoms with Gasteiger partial charge < -0.3 is 20.0 Å². The summed E-state index contributed by atoms with van der Waals surface area (Å²) in [6.45, 7) is 6.74. The first-order valence-corrected chi connectivity index (χ1v) is 12.0. The molecular weight excluding hydrogens is 416 g/mol. The number of para-hydroxylation sites is 1. The molecule has 1 aromatic carbocycles. The van der Waals surface area contributed by atoms with Crippen molar-refractivity contribution < 1.29 is 22.8 Å². The Morgan fingerprint density at radius 3 is 2.53 bits per heavy atom. The number of aromatic amines is 1. The van der Waals surface area contributed by atoms with Crippen LogP contribution in [0.4, 0.5) is 19.1 Å². The summed E-state index contributed by atoms with van der Waals surface area (Å²) in [6, 6.07) is 4.63. The van der Waals surface area contributed by atoms with Gasteiger partial charge in [0.15, 0.2) is 0 Å². The molecule has 10 heteroatoms. The van der Waals surface area contributed by atoms with E-state index < -0.39 is 24.9 Å². The van der Waals surface area contributed by atoms with E-state index in [4.69, 9.17) is 0 Å². The Balaban J connectivity index is 2.21. The number of aliphatic hydroxyl groups is 1. The third-order valence-corrected chi connectivity index (χ3v) is 6.47. The van der Waals surface area contributed by atoms with Crippen molar-refractivity contribution in [1.29, 1.82) is 0 Å². The van der Waals surface area contributed by atoms with Crippen molar-refractivity contribution in [1.82, 2.24) is 15.0 Å². The molecule has 1 atom stereocenters. The van der Waals surface area contributed by atoms with Gasteiger partial charge in [-0.2, -0.15) is 13.2 Å². The van der Waals surface area contributed by atoms with E-state index in [9.17, 15) is 22.8 Å². The van der Waals surface area contributed by atoms with E-state index in [0.717, 1.165) is 6.20 Å². The average Bonchev–Trinajstić information content (AvgIpc) is 3.08. The highest BCUT2D eigenvalue weighted by atomic mass is 31.2. The molecule has 3 N–H and O–H groups in total. The number of nitrogens with one attached hydrogen (secondary N) is 2. The topological polar surface area (TPSA) is 90.9 Å². The van der Waals surface area contributed by atoms with E-state index in [1.54, 1.807) is 31.5 Å². The second-order valence-corrected chi connectivity index (χ2v) is 11.1. The SMILES string of the molecule is CC(C)C(CO)Nc1ncc(C(F)(F)F)c(-c2c[nH]c3c(P(C)(C)=O)cccc23)n1. The molecule has 0 bridgehead atoms. The van der Waals surface area contributed by atoms with Crippen molar-refractivity contribution in [3.8, 4) is 11.3 Å². The van der Waals surface area contributed by atoms with Gasteiger partial charge in [0.05, 0.1) is 23.9 Å². The highest BCUT2D eigenvalue weighted by molar-refractivity contribution is 7.70. The summed E-state index contributed by atoms with van der Waals surface area (Å²) < 4.78 is 53.7. The maximum absolute atomic E-state index is 13.7. The third kappa shape index (κ3) is 4.37. The highest BCUT2D eigenvalue weighted by Gasteiger charge is 2.36. The van der Waals surface area contributed by atoms with Gasteiger partial charge in [-0.05, 0) is 25.3 Å². The molecule has 0 fully saturated rings. The molecule has 2 heterocycles. The Morgan fingerprint density at radius 1 is 1.27 bits per heavy atom. The summed E-state index contributed by atoms with van der Waals surface area (Å²) in [7, 11) is -2.66. The fourth-order valence-electron chi connectivity index (χ4n) is 3.24. The maximum atomic E-state index is 13.7. The van der Waals surface area contributed by atoms with Crippen LogP contribution in [0, 0.1) is 5.92 Å². The second kappa shape index (κ2) is 8.04. The number of aromatic nitrogens is 3. The molecule has 0 aliphatic carbocycles. The largest absolute Gasteiger partial charge is 0.419 e. The molecule has 1 unspecified atom stereocenters. The molecule has 0 aliphatic heterocycles. The standard InChI is InChI=1S/C20H24F3N4O2P/c1-11(2)15(10-28)26-19-25-9-14(20(21,22)23)17(27-19)13-8-24-18-12(13)6-5-7-16(18)30(3,4)29/h5-9,11,15,24,28H,10H2,1-4H3,(H,25,26,27). The minimum atomic E-state index is -4.66. The van der Waals surface area contributed by atoms with Crippen LogP contribution in [-0.2, 0) is 10.7 Å². The third-order valence-electron chi connectivity index (χ3n) is 4.94. The van der Waals surface area contributed by atoms with Crippen LogP contribution in [0.15, 0.2) is 30.6 Å². The summed E-state index contributed by atoms with van der Waals surface area (Å²) in [5.41, 5.74) is -0.493. The van der Waals surface area contributed by atoms with Crippen molar-refractivity contribution in [3.05, 3.63) is 36.2 Å². The molecule has 2 aromatic heterocycles. The van der Waals surface area contributed by atoms with Crippen molar-refractivity contribution >= 4 is 29.3 Å². The summed E-state index contributed by atoms with van der Waals surface area (Å²) in [4.78, 5) is 10.9. The monoisotopic (exact) mass is 440 g/mol. The van der Waals surface area contributed by atoms with Crippen molar-refractivity contribution in [3.63, 3.8) is 0 Å². The number of hydrogen-bond acceptors (Lipinski definition) is 5. The van der Waals surface area contributed by atoms with Gasteiger partial charge in [-0.1, -0.05) is 26.0 Å². The van der Waals surface area contributed by atoms with Crippen LogP contribution in [0.3, 0.4) is 0 Å². The van der Waals surface area contributed by atoms with Crippen LogP contribution >= 0.6 is 7.14 Å². The molecule has 0 saturated heterocycles. The fourth-order valence-corrected chi connectivity index (χ4v) is 4.40. The number of H-pyrrole nitrogens is 1. The summed E-state index contributed by atoms with van der Waals surface area (Å²) in [5.74, 6) is 0.0103. The smallest absolute Gasteiger partial charge is 0.394 e. The van der Waals surface area contributed by atoms with Crippen molar-refractivity contribution in [2.75, 3.05) is 25.3 Å². The molecule has 162 valence electrons. The van der Waals surface area contributed by atoms with Gasteiger partial charge in [0.1, 0.15) is 12.7 Å². The quantitative estimate of drug-likeness (QED) is 0.497. The maximum Gasteiger partial charge on any atom is 0.419 e. The number of anilines is 1. The highest BCUT2D eigenvalue weighted by Crippen LogP contribution is 2.41. The average molecular weight is 440 g/mol. The van der Waals surface area contributed by atoms with Gasteiger partial charge in [0.2, 0.25) is 5.95 Å². The second-order valence-electron chi connectivity index (χ2n) is 7.88. The van der Waals surface area contributed by atoms with E-state index in [2.05, 4.69) is 20.3 Å². The Bertz CT molecular complexity index is 1110. The van der Waals surface area contributed by atoms with Gasteiger partial charge in [-0.25, -0.2) is 9.97 Å². The predicted molar refractivity (Wildman–Crippen MR) is 113 cm³/mol.